The Labute approximate surface area is 196 Å². The molecule has 2 amide bonds. The van der Waals surface area contributed by atoms with Gasteiger partial charge in [0, 0.05) is 29.6 Å². The van der Waals surface area contributed by atoms with Crippen LogP contribution in [0.1, 0.15) is 30.3 Å². The number of nitrogens with zero attached hydrogens (tertiary/aromatic N) is 5. The zero-order valence-corrected chi connectivity index (χ0v) is 18.6. The van der Waals surface area contributed by atoms with Crippen molar-refractivity contribution >= 4 is 29.4 Å². The lowest BCUT2D eigenvalue weighted by Gasteiger charge is -2.23. The van der Waals surface area contributed by atoms with Crippen LogP contribution in [-0.4, -0.2) is 32.1 Å². The number of carbonyl (C=O) groups is 1. The highest BCUT2D eigenvalue weighted by atomic mass is 35.5. The Kier molecular flexibility index (Phi) is 5.66. The highest BCUT2D eigenvalue weighted by Crippen LogP contribution is 2.30. The van der Waals surface area contributed by atoms with Crippen molar-refractivity contribution in [2.75, 3.05) is 16.8 Å². The zero-order chi connectivity index (χ0) is 22.8. The van der Waals surface area contributed by atoms with E-state index in [9.17, 15) is 4.79 Å². The number of rotatable bonds is 6. The number of benzene rings is 2. The molecule has 1 aliphatic heterocycles. The summed E-state index contributed by atoms with van der Waals surface area (Å²) in [6.07, 6.45) is 5.36. The van der Waals surface area contributed by atoms with E-state index in [2.05, 4.69) is 25.6 Å². The van der Waals surface area contributed by atoms with E-state index in [1.807, 2.05) is 72.3 Å². The van der Waals surface area contributed by atoms with Crippen LogP contribution in [0.4, 0.5) is 16.6 Å². The third kappa shape index (κ3) is 4.38. The average Bonchev–Trinajstić information content (AvgIpc) is 3.48. The Bertz CT molecular complexity index is 1260. The van der Waals surface area contributed by atoms with E-state index in [1.165, 1.54) is 0 Å². The molecule has 1 saturated heterocycles. The molecule has 1 fully saturated rings. The number of imidazole rings is 1. The van der Waals surface area contributed by atoms with Crippen LogP contribution in [0.5, 0.6) is 0 Å². The summed E-state index contributed by atoms with van der Waals surface area (Å²) in [5, 5.41) is 6.88. The normalized spacial score (nSPS) is 16.5. The average molecular weight is 460 g/mol. The van der Waals surface area contributed by atoms with Gasteiger partial charge in [0.05, 0.1) is 24.1 Å². The number of nitrogens with one attached hydrogen (secondary N) is 2. The van der Waals surface area contributed by atoms with E-state index in [4.69, 9.17) is 11.6 Å². The summed E-state index contributed by atoms with van der Waals surface area (Å²) in [6, 6.07) is 18.8. The second-order valence-electron chi connectivity index (χ2n) is 7.77. The molecule has 166 valence electrons. The topological polar surface area (TPSA) is 88.0 Å². The lowest BCUT2D eigenvalue weighted by atomic mass is 10.1. The Morgan fingerprint density at radius 3 is 2.67 bits per heavy atom. The summed E-state index contributed by atoms with van der Waals surface area (Å²) in [4.78, 5) is 27.7. The number of anilines is 2. The van der Waals surface area contributed by atoms with Crippen LogP contribution in [-0.2, 0) is 0 Å². The molecule has 2 unspecified atom stereocenters. The number of halogens is 1. The van der Waals surface area contributed by atoms with Gasteiger partial charge >= 0.3 is 6.03 Å². The molecule has 0 radical (unpaired) electrons. The third-order valence-electron chi connectivity index (χ3n) is 5.57. The number of hydrogen-bond donors (Lipinski definition) is 2. The molecular formula is C24H22ClN7O. The first-order chi connectivity index (χ1) is 16.1. The number of hydrogen-bond acceptors (Lipinski definition) is 5. The van der Waals surface area contributed by atoms with Crippen molar-refractivity contribution in [2.24, 2.45) is 0 Å². The molecule has 4 aromatic rings. The first-order valence-electron chi connectivity index (χ1n) is 10.6. The standard InChI is InChI=1S/C24H22ClN7O/c1-16(20-14-31(15-28-20)19-9-7-18(25)8-10-19)29-23-26-12-11-22(30-23)32-21(13-27-24(32)33)17-5-3-2-4-6-17/h2-12,14-16,21H,13H2,1H3,(H,27,33)(H,26,29,30). The molecule has 0 saturated carbocycles. The largest absolute Gasteiger partial charge is 0.346 e. The molecule has 0 aliphatic carbocycles. The van der Waals surface area contributed by atoms with Crippen LogP contribution in [0, 0.1) is 0 Å². The van der Waals surface area contributed by atoms with E-state index in [-0.39, 0.29) is 18.1 Å². The van der Waals surface area contributed by atoms with Crippen molar-refractivity contribution < 1.29 is 4.79 Å². The Morgan fingerprint density at radius 2 is 1.88 bits per heavy atom. The van der Waals surface area contributed by atoms with Gasteiger partial charge in [-0.15, -0.1) is 0 Å². The third-order valence-corrected chi connectivity index (χ3v) is 5.82. The number of carbonyl (C=O) groups excluding carboxylic acids is 1. The molecule has 3 heterocycles. The molecule has 5 rings (SSSR count). The number of aromatic nitrogens is 4. The van der Waals surface area contributed by atoms with E-state index in [1.54, 1.807) is 23.5 Å². The second kappa shape index (κ2) is 8.91. The molecule has 0 spiro atoms. The van der Waals surface area contributed by atoms with Gasteiger partial charge in [0.2, 0.25) is 5.95 Å². The SMILES string of the molecule is CC(Nc1nccc(N2C(=O)NCC2c2ccccc2)n1)c1cn(-c2ccc(Cl)cc2)cn1. The van der Waals surface area contributed by atoms with E-state index in [0.717, 1.165) is 16.9 Å². The zero-order valence-electron chi connectivity index (χ0n) is 17.9. The Hall–Kier alpha value is -3.91. The van der Waals surface area contributed by atoms with Crippen molar-refractivity contribution in [3.05, 3.63) is 95.7 Å². The minimum absolute atomic E-state index is 0.131. The summed E-state index contributed by atoms with van der Waals surface area (Å²) in [6.45, 7) is 2.51. The van der Waals surface area contributed by atoms with Crippen LogP contribution in [0.3, 0.4) is 0 Å². The van der Waals surface area contributed by atoms with Gasteiger partial charge in [-0.3, -0.25) is 4.90 Å². The van der Waals surface area contributed by atoms with Gasteiger partial charge in [-0.25, -0.2) is 14.8 Å². The monoisotopic (exact) mass is 459 g/mol. The maximum Gasteiger partial charge on any atom is 0.323 e. The highest BCUT2D eigenvalue weighted by molar-refractivity contribution is 6.30. The van der Waals surface area contributed by atoms with Gasteiger partial charge < -0.3 is 15.2 Å². The predicted molar refractivity (Wildman–Crippen MR) is 128 cm³/mol. The lowest BCUT2D eigenvalue weighted by Crippen LogP contribution is -2.30. The fourth-order valence-electron chi connectivity index (χ4n) is 3.84. The van der Waals surface area contributed by atoms with Gasteiger partial charge in [0.1, 0.15) is 5.82 Å². The maximum atomic E-state index is 12.6. The summed E-state index contributed by atoms with van der Waals surface area (Å²) >= 11 is 5.98. The van der Waals surface area contributed by atoms with Crippen LogP contribution in [0.2, 0.25) is 5.02 Å². The summed E-state index contributed by atoms with van der Waals surface area (Å²) in [7, 11) is 0. The summed E-state index contributed by atoms with van der Waals surface area (Å²) in [5.74, 6) is 0.961. The Balaban J connectivity index is 1.34. The summed E-state index contributed by atoms with van der Waals surface area (Å²) in [5.41, 5.74) is 2.85. The molecule has 9 heteroatoms. The Morgan fingerprint density at radius 1 is 1.09 bits per heavy atom. The van der Waals surface area contributed by atoms with E-state index < -0.39 is 0 Å². The van der Waals surface area contributed by atoms with Crippen molar-refractivity contribution in [1.82, 2.24) is 24.8 Å². The molecule has 2 N–H and O–H groups in total. The molecule has 33 heavy (non-hydrogen) atoms. The fourth-order valence-corrected chi connectivity index (χ4v) is 3.97. The first kappa shape index (κ1) is 21.0. The van der Waals surface area contributed by atoms with Gasteiger partial charge in [-0.2, -0.15) is 4.98 Å². The molecule has 1 aliphatic rings. The quantitative estimate of drug-likeness (QED) is 0.434. The van der Waals surface area contributed by atoms with Crippen molar-refractivity contribution in [3.8, 4) is 5.69 Å². The van der Waals surface area contributed by atoms with E-state index >= 15 is 0 Å². The van der Waals surface area contributed by atoms with Gasteiger partial charge in [-0.05, 0) is 42.8 Å². The van der Waals surface area contributed by atoms with Gasteiger partial charge in [-0.1, -0.05) is 41.9 Å². The van der Waals surface area contributed by atoms with Gasteiger partial charge in [0.15, 0.2) is 0 Å². The molecule has 2 aromatic heterocycles. The molecule has 2 atom stereocenters. The first-order valence-corrected chi connectivity index (χ1v) is 11.0. The van der Waals surface area contributed by atoms with Crippen LogP contribution in [0.25, 0.3) is 5.69 Å². The second-order valence-corrected chi connectivity index (χ2v) is 8.21. The molecule has 2 aromatic carbocycles. The van der Waals surface area contributed by atoms with Crippen molar-refractivity contribution in [2.45, 2.75) is 19.0 Å². The molecule has 8 nitrogen and oxygen atoms in total. The van der Waals surface area contributed by atoms with Crippen LogP contribution >= 0.6 is 11.6 Å². The van der Waals surface area contributed by atoms with E-state index in [0.29, 0.717) is 23.3 Å². The molecular weight excluding hydrogens is 438 g/mol. The van der Waals surface area contributed by atoms with Crippen molar-refractivity contribution in [1.29, 1.82) is 0 Å². The predicted octanol–water partition coefficient (Wildman–Crippen LogP) is 4.76. The minimum atomic E-state index is -0.178. The van der Waals surface area contributed by atoms with Crippen LogP contribution < -0.4 is 15.5 Å². The highest BCUT2D eigenvalue weighted by Gasteiger charge is 2.34. The minimum Gasteiger partial charge on any atom is -0.346 e. The lowest BCUT2D eigenvalue weighted by molar-refractivity contribution is 0.251. The maximum absolute atomic E-state index is 12.6. The fraction of sp³-hybridized carbons (Fsp3) is 0.167. The number of urea groups is 1. The van der Waals surface area contributed by atoms with Crippen molar-refractivity contribution in [3.63, 3.8) is 0 Å². The summed E-state index contributed by atoms with van der Waals surface area (Å²) < 4.78 is 1.93. The number of amides is 2. The smallest absolute Gasteiger partial charge is 0.323 e. The molecule has 0 bridgehead atoms. The van der Waals surface area contributed by atoms with Gasteiger partial charge in [0.25, 0.3) is 0 Å². The van der Waals surface area contributed by atoms with Crippen LogP contribution in [0.15, 0.2) is 79.4 Å².